The number of carbonyl (C=O) groups excluding carboxylic acids is 1. The first-order chi connectivity index (χ1) is 15.9. The number of fused-ring (bicyclic) bond motifs is 1. The minimum Gasteiger partial charge on any atom is -0.322 e. The second-order valence-electron chi connectivity index (χ2n) is 7.79. The predicted octanol–water partition coefficient (Wildman–Crippen LogP) is 5.60. The SMILES string of the molecule is CCc1ccc2[nH]c(=O)c(CN(Cc3ccc(F)cc3)C(=O)Nc3ccccc3F)cc2c1. The maximum atomic E-state index is 14.1. The van der Waals surface area contributed by atoms with E-state index < -0.39 is 11.8 Å². The van der Waals surface area contributed by atoms with Crippen LogP contribution in [0.5, 0.6) is 0 Å². The molecule has 0 aliphatic heterocycles. The summed E-state index contributed by atoms with van der Waals surface area (Å²) < 4.78 is 27.4. The van der Waals surface area contributed by atoms with Crippen LogP contribution in [0.15, 0.2) is 77.6 Å². The number of H-pyrrole nitrogens is 1. The van der Waals surface area contributed by atoms with E-state index in [1.165, 1.54) is 35.2 Å². The number of halogens is 2. The third kappa shape index (κ3) is 5.26. The van der Waals surface area contributed by atoms with Crippen LogP contribution < -0.4 is 10.9 Å². The van der Waals surface area contributed by atoms with Gasteiger partial charge in [0, 0.05) is 17.6 Å². The molecule has 0 saturated heterocycles. The van der Waals surface area contributed by atoms with E-state index in [2.05, 4.69) is 10.3 Å². The Bertz CT molecular complexity index is 1350. The maximum Gasteiger partial charge on any atom is 0.322 e. The van der Waals surface area contributed by atoms with Gasteiger partial charge in [0.1, 0.15) is 11.6 Å². The van der Waals surface area contributed by atoms with Gasteiger partial charge in [0.2, 0.25) is 0 Å². The van der Waals surface area contributed by atoms with Crippen LogP contribution in [0.3, 0.4) is 0 Å². The molecule has 0 aliphatic carbocycles. The molecule has 0 radical (unpaired) electrons. The largest absolute Gasteiger partial charge is 0.322 e. The number of urea groups is 1. The zero-order chi connectivity index (χ0) is 23.4. The Morgan fingerprint density at radius 3 is 2.39 bits per heavy atom. The molecule has 0 bridgehead atoms. The summed E-state index contributed by atoms with van der Waals surface area (Å²) in [6.45, 7) is 2.14. The molecule has 2 N–H and O–H groups in total. The second kappa shape index (κ2) is 9.65. The zero-order valence-electron chi connectivity index (χ0n) is 18.1. The van der Waals surface area contributed by atoms with Gasteiger partial charge >= 0.3 is 6.03 Å². The number of rotatable bonds is 6. The van der Waals surface area contributed by atoms with Crippen molar-refractivity contribution in [1.29, 1.82) is 0 Å². The first-order valence-corrected chi connectivity index (χ1v) is 10.6. The highest BCUT2D eigenvalue weighted by molar-refractivity contribution is 5.89. The van der Waals surface area contributed by atoms with Crippen LogP contribution in [0.1, 0.15) is 23.6 Å². The van der Waals surface area contributed by atoms with Crippen molar-refractivity contribution >= 4 is 22.6 Å². The smallest absolute Gasteiger partial charge is 0.322 e. The Morgan fingerprint density at radius 1 is 0.939 bits per heavy atom. The molecule has 1 aromatic heterocycles. The predicted molar refractivity (Wildman–Crippen MR) is 125 cm³/mol. The number of para-hydroxylation sites is 1. The number of nitrogens with zero attached hydrogens (tertiary/aromatic N) is 1. The van der Waals surface area contributed by atoms with Gasteiger partial charge in [-0.1, -0.05) is 37.3 Å². The summed E-state index contributed by atoms with van der Waals surface area (Å²) in [5, 5.41) is 3.42. The Labute approximate surface area is 189 Å². The number of hydrogen-bond donors (Lipinski definition) is 2. The summed E-state index contributed by atoms with van der Waals surface area (Å²) in [5.41, 5.74) is 2.62. The van der Waals surface area contributed by atoms with E-state index in [-0.39, 0.29) is 30.2 Å². The molecule has 1 heterocycles. The number of benzene rings is 3. The Hall–Kier alpha value is -4.00. The lowest BCUT2D eigenvalue weighted by molar-refractivity contribution is 0.206. The highest BCUT2D eigenvalue weighted by Gasteiger charge is 2.18. The number of carbonyl (C=O) groups is 1. The molecule has 0 unspecified atom stereocenters. The van der Waals surface area contributed by atoms with E-state index in [0.717, 1.165) is 17.4 Å². The zero-order valence-corrected chi connectivity index (χ0v) is 18.1. The average Bonchev–Trinajstić information content (AvgIpc) is 2.81. The van der Waals surface area contributed by atoms with Gasteiger partial charge in [0.25, 0.3) is 5.56 Å². The van der Waals surface area contributed by atoms with Crippen molar-refractivity contribution in [3.63, 3.8) is 0 Å². The van der Waals surface area contributed by atoms with Gasteiger partial charge < -0.3 is 15.2 Å². The first-order valence-electron chi connectivity index (χ1n) is 10.6. The van der Waals surface area contributed by atoms with Crippen LogP contribution >= 0.6 is 0 Å². The highest BCUT2D eigenvalue weighted by atomic mass is 19.1. The molecule has 168 valence electrons. The highest BCUT2D eigenvalue weighted by Crippen LogP contribution is 2.18. The van der Waals surface area contributed by atoms with Gasteiger partial charge in [-0.3, -0.25) is 4.79 Å². The lowest BCUT2D eigenvalue weighted by Gasteiger charge is -2.23. The molecule has 0 spiro atoms. The van der Waals surface area contributed by atoms with E-state index >= 15 is 0 Å². The number of amides is 2. The van der Waals surface area contributed by atoms with Crippen LogP contribution in [-0.4, -0.2) is 15.9 Å². The van der Waals surface area contributed by atoms with Crippen molar-refractivity contribution < 1.29 is 13.6 Å². The van der Waals surface area contributed by atoms with Crippen molar-refractivity contribution in [2.24, 2.45) is 0 Å². The van der Waals surface area contributed by atoms with Gasteiger partial charge in [-0.05, 0) is 65.4 Å². The third-order valence-corrected chi connectivity index (χ3v) is 5.44. The van der Waals surface area contributed by atoms with Gasteiger partial charge in [-0.2, -0.15) is 0 Å². The molecule has 4 rings (SSSR count). The van der Waals surface area contributed by atoms with E-state index in [4.69, 9.17) is 0 Å². The van der Waals surface area contributed by atoms with Gasteiger partial charge in [0.05, 0.1) is 12.2 Å². The number of hydrogen-bond acceptors (Lipinski definition) is 2. The minimum atomic E-state index is -0.578. The summed E-state index contributed by atoms with van der Waals surface area (Å²) >= 11 is 0. The molecule has 0 aliphatic rings. The second-order valence-corrected chi connectivity index (χ2v) is 7.79. The third-order valence-electron chi connectivity index (χ3n) is 5.44. The fourth-order valence-electron chi connectivity index (χ4n) is 3.61. The van der Waals surface area contributed by atoms with Crippen molar-refractivity contribution in [3.8, 4) is 0 Å². The number of aromatic amines is 1. The number of nitrogens with one attached hydrogen (secondary N) is 2. The standard InChI is InChI=1S/C26H23F2N3O2/c1-2-17-9-12-23-19(13-17)14-20(25(32)29-23)16-31(15-18-7-10-21(27)11-8-18)26(33)30-24-6-4-3-5-22(24)28/h3-14H,2,15-16H2,1H3,(H,29,32)(H,30,33). The number of aryl methyl sites for hydroxylation is 1. The number of anilines is 1. The van der Waals surface area contributed by atoms with Gasteiger partial charge in [0.15, 0.2) is 0 Å². The van der Waals surface area contributed by atoms with E-state index in [1.807, 2.05) is 25.1 Å². The Balaban J connectivity index is 1.67. The molecular formula is C26H23F2N3O2. The molecule has 3 aromatic carbocycles. The van der Waals surface area contributed by atoms with Crippen LogP contribution in [-0.2, 0) is 19.5 Å². The molecule has 4 aromatic rings. The molecule has 0 atom stereocenters. The van der Waals surface area contributed by atoms with Crippen LogP contribution in [0.2, 0.25) is 0 Å². The van der Waals surface area contributed by atoms with E-state index in [9.17, 15) is 18.4 Å². The molecule has 2 amide bonds. The molecule has 33 heavy (non-hydrogen) atoms. The normalized spacial score (nSPS) is 10.9. The number of aromatic nitrogens is 1. The lowest BCUT2D eigenvalue weighted by atomic mass is 10.1. The lowest BCUT2D eigenvalue weighted by Crippen LogP contribution is -2.36. The minimum absolute atomic E-state index is 0.0146. The summed E-state index contributed by atoms with van der Waals surface area (Å²) in [7, 11) is 0. The quantitative estimate of drug-likeness (QED) is 0.404. The Kier molecular flexibility index (Phi) is 6.49. The summed E-state index contributed by atoms with van der Waals surface area (Å²) in [6, 6.07) is 18.6. The first kappa shape index (κ1) is 22.2. The van der Waals surface area contributed by atoms with Crippen molar-refractivity contribution in [3.05, 3.63) is 111 Å². The molecule has 0 fully saturated rings. The molecular weight excluding hydrogens is 424 g/mol. The molecule has 5 nitrogen and oxygen atoms in total. The summed E-state index contributed by atoms with van der Waals surface area (Å²) in [5.74, 6) is -0.956. The fourth-order valence-corrected chi connectivity index (χ4v) is 3.61. The topological polar surface area (TPSA) is 65.2 Å². The van der Waals surface area contributed by atoms with Crippen molar-refractivity contribution in [2.45, 2.75) is 26.4 Å². The van der Waals surface area contributed by atoms with E-state index in [0.29, 0.717) is 16.6 Å². The molecule has 0 saturated carbocycles. The van der Waals surface area contributed by atoms with Crippen LogP contribution in [0.25, 0.3) is 10.9 Å². The van der Waals surface area contributed by atoms with Gasteiger partial charge in [-0.15, -0.1) is 0 Å². The molecule has 7 heteroatoms. The summed E-state index contributed by atoms with van der Waals surface area (Å²) in [6.07, 6.45) is 0.853. The van der Waals surface area contributed by atoms with Crippen LogP contribution in [0, 0.1) is 11.6 Å². The maximum absolute atomic E-state index is 14.1. The Morgan fingerprint density at radius 2 is 1.67 bits per heavy atom. The average molecular weight is 447 g/mol. The monoisotopic (exact) mass is 447 g/mol. The van der Waals surface area contributed by atoms with Gasteiger partial charge in [-0.25, -0.2) is 13.6 Å². The van der Waals surface area contributed by atoms with Crippen molar-refractivity contribution in [2.75, 3.05) is 5.32 Å². The van der Waals surface area contributed by atoms with E-state index in [1.54, 1.807) is 24.3 Å². The number of pyridine rings is 1. The van der Waals surface area contributed by atoms with Crippen molar-refractivity contribution in [1.82, 2.24) is 9.88 Å². The summed E-state index contributed by atoms with van der Waals surface area (Å²) in [4.78, 5) is 30.1. The van der Waals surface area contributed by atoms with Crippen LogP contribution in [0.4, 0.5) is 19.3 Å². The fraction of sp³-hybridized carbons (Fsp3) is 0.154.